The Morgan fingerprint density at radius 1 is 0.380 bits per heavy atom. The SMILES string of the molecule is CCCCC(CC)CN(CC(CC)CCCC)c1nc(C(C)(C)C)c(/C=C2\C(=O)N(N(C)C(=O)C(C)(C)C)C(=O)C(C#N)=C2CC(C)C(C)(C)C)s1.CCCCC(CC)CN(CC(CC)CCCC)c1nc(C(C)(C)CC)c(/C=C2\C(=O)N(N(C)C(=O)C(C)(C)C)C(=O)C(C#N)=C2C)s1.CCCCC1=C(C#N)C(=O)N(N(C)C(=O)c2ccccc2)C(=O)/C1=C\c1sc(N(CC(CC)CCCC)CC(CC)CCCC)nc1C(C)(C)C. The lowest BCUT2D eigenvalue weighted by molar-refractivity contribution is -0.171. The van der Waals surface area contributed by atoms with Gasteiger partial charge in [-0.2, -0.15) is 30.8 Å². The van der Waals surface area contributed by atoms with Gasteiger partial charge in [-0.25, -0.2) is 30.0 Å². The van der Waals surface area contributed by atoms with Crippen LogP contribution in [0, 0.1) is 91.7 Å². The van der Waals surface area contributed by atoms with Gasteiger partial charge < -0.3 is 14.7 Å². The van der Waals surface area contributed by atoms with E-state index in [1.54, 1.807) is 119 Å². The van der Waals surface area contributed by atoms with Gasteiger partial charge in [-0.05, 0) is 165 Å². The molecule has 27 heteroatoms. The molecule has 0 fully saturated rings. The molecule has 0 bridgehead atoms. The van der Waals surface area contributed by atoms with Gasteiger partial charge in [0.25, 0.3) is 41.4 Å². The van der Waals surface area contributed by atoms with Crippen LogP contribution in [0.25, 0.3) is 18.2 Å². The molecule has 1 aromatic carbocycles. The van der Waals surface area contributed by atoms with E-state index < -0.39 is 64.0 Å². The molecule has 3 aliphatic rings. The van der Waals surface area contributed by atoms with Gasteiger partial charge in [-0.1, -0.05) is 396 Å². The molecule has 0 spiro atoms. The average Bonchev–Trinajstić information content (AvgIpc) is 1.27. The lowest BCUT2D eigenvalue weighted by Crippen LogP contribution is -2.56. The van der Waals surface area contributed by atoms with E-state index in [0.29, 0.717) is 77.1 Å². The summed E-state index contributed by atoms with van der Waals surface area (Å²) in [5.41, 5.74) is 1.82. The van der Waals surface area contributed by atoms with Gasteiger partial charge >= 0.3 is 0 Å². The number of aromatic nitrogens is 3. The summed E-state index contributed by atoms with van der Waals surface area (Å²) in [5.74, 6) is -2.08. The molecule has 4 aromatic rings. The van der Waals surface area contributed by atoms with Crippen molar-refractivity contribution in [3.63, 3.8) is 0 Å². The molecule has 0 saturated heterocycles. The van der Waals surface area contributed by atoms with Gasteiger partial charge in [0.05, 0.1) is 31.7 Å². The van der Waals surface area contributed by atoms with Gasteiger partial charge in [0.2, 0.25) is 11.8 Å². The maximum absolute atomic E-state index is 14.7. The zero-order valence-corrected chi connectivity index (χ0v) is 102. The summed E-state index contributed by atoms with van der Waals surface area (Å²) < 4.78 is 0. The van der Waals surface area contributed by atoms with E-state index in [2.05, 4.69) is 200 Å². The second kappa shape index (κ2) is 60.2. The number of nitriles is 3. The minimum Gasteiger partial charge on any atom is -0.348 e. The highest BCUT2D eigenvalue weighted by molar-refractivity contribution is 7.17. The number of hydrogen-bond acceptors (Lipinski definition) is 21. The summed E-state index contributed by atoms with van der Waals surface area (Å²) in [6.07, 6.45) is 36.7. The summed E-state index contributed by atoms with van der Waals surface area (Å²) in [4.78, 5) is 151. The maximum Gasteiger partial charge on any atom is 0.290 e. The van der Waals surface area contributed by atoms with E-state index in [-0.39, 0.29) is 61.0 Å². The third-order valence-electron chi connectivity index (χ3n) is 30.4. The smallest absolute Gasteiger partial charge is 0.290 e. The third kappa shape index (κ3) is 35.4. The van der Waals surface area contributed by atoms with Crippen molar-refractivity contribution in [1.29, 1.82) is 15.8 Å². The Kier molecular flexibility index (Phi) is 52.5. The number of hydrogen-bond donors (Lipinski definition) is 0. The lowest BCUT2D eigenvalue weighted by atomic mass is 9.75. The van der Waals surface area contributed by atoms with Crippen LogP contribution in [0.15, 0.2) is 80.5 Å². The van der Waals surface area contributed by atoms with Crippen LogP contribution in [-0.2, 0) is 54.6 Å². The molecule has 7 unspecified atom stereocenters. The highest BCUT2D eigenvalue weighted by Crippen LogP contribution is 2.47. The maximum atomic E-state index is 14.7. The number of thiazole rings is 3. The summed E-state index contributed by atoms with van der Waals surface area (Å²) in [5, 5.41) is 39.4. The molecule has 0 aliphatic carbocycles. The van der Waals surface area contributed by atoms with Crippen LogP contribution >= 0.6 is 34.0 Å². The van der Waals surface area contributed by atoms with Crippen LogP contribution in [0.1, 0.15) is 457 Å². The van der Waals surface area contributed by atoms with Crippen molar-refractivity contribution in [1.82, 2.24) is 45.0 Å². The lowest BCUT2D eigenvalue weighted by Gasteiger charge is -2.38. The molecule has 0 N–H and O–H groups in total. The Labute approximate surface area is 918 Å². The number of anilines is 3. The normalized spacial score (nSPS) is 16.4. The molecule has 0 saturated carbocycles. The van der Waals surface area contributed by atoms with E-state index in [1.165, 1.54) is 137 Å². The summed E-state index contributed by atoms with van der Waals surface area (Å²) >= 11 is 4.77. The first-order valence-electron chi connectivity index (χ1n) is 56.8. The van der Waals surface area contributed by atoms with Crippen molar-refractivity contribution in [3.05, 3.63) is 118 Å². The molecule has 7 atom stereocenters. The molecule has 9 amide bonds. The van der Waals surface area contributed by atoms with Crippen molar-refractivity contribution in [3.8, 4) is 18.2 Å². The van der Waals surface area contributed by atoms with E-state index in [4.69, 9.17) is 15.0 Å². The monoisotopic (exact) mass is 2120 g/mol. The Bertz CT molecular complexity index is 5430. The Morgan fingerprint density at radius 2 is 0.660 bits per heavy atom. The first kappa shape index (κ1) is 131. The first-order chi connectivity index (χ1) is 70.4. The zero-order valence-electron chi connectivity index (χ0n) is 99.5. The fourth-order valence-electron chi connectivity index (χ4n) is 19.1. The topological polar surface area (TPSA) is 293 Å². The van der Waals surface area contributed by atoms with E-state index in [1.807, 2.05) is 25.1 Å². The highest BCUT2D eigenvalue weighted by atomic mass is 32.1. The summed E-state index contributed by atoms with van der Waals surface area (Å²) in [6.45, 7) is 74.6. The first-order valence-corrected chi connectivity index (χ1v) is 59.3. The van der Waals surface area contributed by atoms with Crippen molar-refractivity contribution >= 4 is 121 Å². The fraction of sp³-hybridized carbons (Fsp3) is 0.683. The molecule has 0 radical (unpaired) electrons. The molecular formula is C123H193N15O9S3. The van der Waals surface area contributed by atoms with Crippen molar-refractivity contribution in [2.45, 2.75) is 431 Å². The van der Waals surface area contributed by atoms with Crippen LogP contribution in [0.4, 0.5) is 15.4 Å². The molecule has 150 heavy (non-hydrogen) atoms. The molecule has 3 aromatic heterocycles. The number of hydrazine groups is 3. The summed E-state index contributed by atoms with van der Waals surface area (Å²) in [7, 11) is 4.26. The number of unbranched alkanes of at least 4 members (excludes halogenated alkanes) is 7. The minimum absolute atomic E-state index is 0.0492. The average molecular weight is 2120 g/mol. The zero-order chi connectivity index (χ0) is 113. The molecule has 24 nitrogen and oxygen atoms in total. The standard InChI is InChI=1S/C43H71N5O3S.C42H61N5O3S.C38H61N5O3S/c1-16-20-22-30(18-3)27-47(28-31(19-4)23-21-17-2)40-45-36(42(9,10)11)35(52-40)25-33-32(24-29(5)41(6,7)8)34(26-44)38(50)48(37(33)49)46(15)39(51)43(12,13)14;1-10-15-21-30(13-4)28-46(29-31(14-5)22-16-11-2)41-44-37(42(6,7)8)36(51-41)26-34-33(25-17-12-3)35(27-43)40(50)47(39(34)49)45(9)38(48)32-23-19-18-20-24-32;1-13-18-20-27(15-3)24-42(25-28(16-4)21-19-14-2)36-40-32(38(10,11)17-5)31(47-36)22-29-26(6)30(23-39)34(45)43(33(29)44)41(12)35(46)37(7,8)9/h25,29-31H,16-24,27-28H2,1-15H3;18-20,23-24,26,30-31H,10-17,21-22,25,28-29H2,1-9H3;22,27-28H,13-21,24-25H2,1-12H3/b33-25-;34-26-;29-22-. The molecule has 6 heterocycles. The van der Waals surface area contributed by atoms with Crippen molar-refractivity contribution in [2.24, 2.45) is 57.7 Å². The Morgan fingerprint density at radius 3 is 0.947 bits per heavy atom. The van der Waals surface area contributed by atoms with E-state index in [0.717, 1.165) is 168 Å². The summed E-state index contributed by atoms with van der Waals surface area (Å²) in [6, 6.07) is 14.8. The second-order valence-corrected chi connectivity index (χ2v) is 51.0. The van der Waals surface area contributed by atoms with Crippen LogP contribution in [0.2, 0.25) is 0 Å². The molecule has 832 valence electrons. The highest BCUT2D eigenvalue weighted by Gasteiger charge is 2.48. The Hall–Kier alpha value is -9.75. The molecule has 7 rings (SSSR count). The van der Waals surface area contributed by atoms with E-state index in [9.17, 15) is 58.9 Å². The van der Waals surface area contributed by atoms with Gasteiger partial charge in [-0.15, -0.1) is 0 Å². The molecular weight excluding hydrogens is 1930 g/mol. The number of carbonyl (C=O) groups excluding carboxylic acids is 9. The van der Waals surface area contributed by atoms with Crippen molar-refractivity contribution in [2.75, 3.05) is 75.1 Å². The van der Waals surface area contributed by atoms with Crippen LogP contribution < -0.4 is 14.7 Å². The predicted molar refractivity (Wildman–Crippen MR) is 622 cm³/mol. The van der Waals surface area contributed by atoms with Gasteiger partial charge in [-0.3, -0.25) is 43.2 Å². The van der Waals surface area contributed by atoms with E-state index >= 15 is 0 Å². The largest absolute Gasteiger partial charge is 0.348 e. The van der Waals surface area contributed by atoms with Crippen LogP contribution in [0.5, 0.6) is 0 Å². The number of nitrogens with zero attached hydrogens (tertiary/aromatic N) is 15. The van der Waals surface area contributed by atoms with Gasteiger partial charge in [0, 0.05) is 110 Å². The third-order valence-corrected chi connectivity index (χ3v) is 33.5. The van der Waals surface area contributed by atoms with Gasteiger partial charge in [0.1, 0.15) is 34.9 Å². The quantitative estimate of drug-likeness (QED) is 0.0293. The number of rotatable bonds is 53. The van der Waals surface area contributed by atoms with Gasteiger partial charge in [0.15, 0.2) is 15.4 Å². The van der Waals surface area contributed by atoms with Crippen molar-refractivity contribution < 1.29 is 43.2 Å². The Balaban J connectivity index is 0.000000396. The fourth-order valence-corrected chi connectivity index (χ4v) is 22.8. The number of carbonyl (C=O) groups is 9. The second-order valence-electron chi connectivity index (χ2n) is 48.0. The predicted octanol–water partition coefficient (Wildman–Crippen LogP) is 30.0. The number of benzene rings is 1. The molecule has 3 aliphatic heterocycles. The number of imide groups is 3. The van der Waals surface area contributed by atoms with Crippen LogP contribution in [0.3, 0.4) is 0 Å². The number of amides is 9. The minimum atomic E-state index is -0.854. The van der Waals surface area contributed by atoms with Crippen LogP contribution in [-0.4, -0.2) is 159 Å².